The summed E-state index contributed by atoms with van der Waals surface area (Å²) in [4.78, 5) is 66.0. The molecule has 0 saturated carbocycles. The number of nitrogens with one attached hydrogen (secondary N) is 1. The lowest BCUT2D eigenvalue weighted by atomic mass is 10.1. The number of fused-ring (bicyclic) bond motifs is 1. The number of ether oxygens (including phenoxy) is 2. The van der Waals surface area contributed by atoms with Gasteiger partial charge in [-0.25, -0.2) is 9.59 Å². The summed E-state index contributed by atoms with van der Waals surface area (Å²) in [7, 11) is 1.47. The van der Waals surface area contributed by atoms with E-state index < -0.39 is 35.5 Å². The molecular formula is C30H37N3O7. The first-order valence-electron chi connectivity index (χ1n) is 13.4. The molecule has 0 bridgehead atoms. The highest BCUT2D eigenvalue weighted by Crippen LogP contribution is 2.24. The van der Waals surface area contributed by atoms with Crippen LogP contribution in [-0.2, 0) is 25.7 Å². The molecule has 0 aromatic heterocycles. The van der Waals surface area contributed by atoms with Crippen molar-refractivity contribution in [1.82, 2.24) is 15.1 Å². The molecule has 0 saturated heterocycles. The number of rotatable bonds is 12. The van der Waals surface area contributed by atoms with Gasteiger partial charge in [0.25, 0.3) is 11.8 Å². The minimum Gasteiger partial charge on any atom is -0.458 e. The van der Waals surface area contributed by atoms with Gasteiger partial charge in [-0.1, -0.05) is 48.9 Å². The predicted molar refractivity (Wildman–Crippen MR) is 147 cm³/mol. The fourth-order valence-electron chi connectivity index (χ4n) is 4.20. The van der Waals surface area contributed by atoms with Crippen molar-refractivity contribution < 1.29 is 33.4 Å². The van der Waals surface area contributed by atoms with Gasteiger partial charge in [-0.2, -0.15) is 0 Å². The number of alkyl carbamates (subject to hydrolysis) is 1. The molecule has 0 radical (unpaired) electrons. The predicted octanol–water partition coefficient (Wildman–Crippen LogP) is 3.94. The van der Waals surface area contributed by atoms with Gasteiger partial charge >= 0.3 is 12.1 Å². The van der Waals surface area contributed by atoms with Crippen LogP contribution in [0.2, 0.25) is 0 Å². The molecule has 214 valence electrons. The van der Waals surface area contributed by atoms with Crippen LogP contribution in [-0.4, -0.2) is 71.4 Å². The first kappa shape index (κ1) is 30.3. The zero-order valence-corrected chi connectivity index (χ0v) is 23.5. The van der Waals surface area contributed by atoms with E-state index in [0.29, 0.717) is 25.8 Å². The molecule has 2 aromatic carbocycles. The van der Waals surface area contributed by atoms with Gasteiger partial charge in [-0.05, 0) is 51.3 Å². The number of hydrogen-bond acceptors (Lipinski definition) is 7. The van der Waals surface area contributed by atoms with Crippen molar-refractivity contribution in [3.63, 3.8) is 0 Å². The fourth-order valence-corrected chi connectivity index (χ4v) is 4.20. The Balaban J connectivity index is 1.49. The molecule has 1 heterocycles. The Bertz CT molecular complexity index is 1190. The number of nitrogens with zero attached hydrogens (tertiary/aromatic N) is 2. The molecule has 10 nitrogen and oxygen atoms in total. The van der Waals surface area contributed by atoms with Gasteiger partial charge in [0.1, 0.15) is 18.2 Å². The molecule has 10 heteroatoms. The zero-order valence-electron chi connectivity index (χ0n) is 23.5. The van der Waals surface area contributed by atoms with Gasteiger partial charge in [-0.15, -0.1) is 0 Å². The van der Waals surface area contributed by atoms with E-state index in [9.17, 15) is 24.0 Å². The van der Waals surface area contributed by atoms with Crippen LogP contribution in [0.4, 0.5) is 4.79 Å². The van der Waals surface area contributed by atoms with Crippen LogP contribution < -0.4 is 5.32 Å². The molecule has 1 unspecified atom stereocenters. The summed E-state index contributed by atoms with van der Waals surface area (Å²) >= 11 is 0. The molecule has 3 rings (SSSR count). The van der Waals surface area contributed by atoms with E-state index in [1.54, 1.807) is 45.0 Å². The van der Waals surface area contributed by atoms with Crippen LogP contribution in [0.3, 0.4) is 0 Å². The van der Waals surface area contributed by atoms with Crippen LogP contribution >= 0.6 is 0 Å². The monoisotopic (exact) mass is 551 g/mol. The maximum atomic E-state index is 13.1. The smallest absolute Gasteiger partial charge is 0.407 e. The maximum absolute atomic E-state index is 13.1. The molecule has 4 amide bonds. The van der Waals surface area contributed by atoms with E-state index in [0.717, 1.165) is 10.5 Å². The highest BCUT2D eigenvalue weighted by atomic mass is 16.6. The maximum Gasteiger partial charge on any atom is 0.407 e. The van der Waals surface area contributed by atoms with Gasteiger partial charge < -0.3 is 19.7 Å². The zero-order chi connectivity index (χ0) is 29.3. The Morgan fingerprint density at radius 3 is 2.10 bits per heavy atom. The second-order valence-electron chi connectivity index (χ2n) is 10.6. The number of amides is 4. The fraction of sp³-hybridized carbons (Fsp3) is 0.433. The van der Waals surface area contributed by atoms with E-state index in [-0.39, 0.29) is 36.6 Å². The average molecular weight is 552 g/mol. The van der Waals surface area contributed by atoms with Crippen LogP contribution in [0.25, 0.3) is 0 Å². The molecule has 2 aromatic rings. The van der Waals surface area contributed by atoms with E-state index in [1.807, 2.05) is 30.3 Å². The summed E-state index contributed by atoms with van der Waals surface area (Å²) in [6.07, 6.45) is 1.47. The summed E-state index contributed by atoms with van der Waals surface area (Å²) in [6.45, 7) is 5.40. The highest BCUT2D eigenvalue weighted by molar-refractivity contribution is 6.21. The van der Waals surface area contributed by atoms with E-state index in [2.05, 4.69) is 5.32 Å². The highest BCUT2D eigenvalue weighted by Gasteiger charge is 2.40. The summed E-state index contributed by atoms with van der Waals surface area (Å²) in [5, 5.41) is 2.69. The number of esters is 1. The normalized spacial score (nSPS) is 13.4. The van der Waals surface area contributed by atoms with Crippen molar-refractivity contribution in [3.8, 4) is 0 Å². The lowest BCUT2D eigenvalue weighted by molar-refractivity contribution is -0.164. The molecule has 1 aliphatic rings. The molecule has 40 heavy (non-hydrogen) atoms. The first-order chi connectivity index (χ1) is 19.0. The van der Waals surface area contributed by atoms with Crippen molar-refractivity contribution in [2.75, 3.05) is 20.1 Å². The third-order valence-electron chi connectivity index (χ3n) is 6.32. The largest absolute Gasteiger partial charge is 0.458 e. The summed E-state index contributed by atoms with van der Waals surface area (Å²) < 4.78 is 10.7. The molecule has 0 spiro atoms. The molecule has 1 atom stereocenters. The number of likely N-dealkylation sites (N-methyl/N-ethyl adjacent to an activating group) is 1. The van der Waals surface area contributed by atoms with Gasteiger partial charge in [0.05, 0.1) is 17.7 Å². The molecule has 0 aliphatic carbocycles. The quantitative estimate of drug-likeness (QED) is 0.241. The van der Waals surface area contributed by atoms with Gasteiger partial charge in [0.2, 0.25) is 5.91 Å². The minimum atomic E-state index is -1.16. The van der Waals surface area contributed by atoms with E-state index in [1.165, 1.54) is 11.9 Å². The summed E-state index contributed by atoms with van der Waals surface area (Å²) in [5.74, 6) is -2.03. The molecular weight excluding hydrogens is 514 g/mol. The Labute approximate surface area is 234 Å². The van der Waals surface area contributed by atoms with Crippen molar-refractivity contribution in [1.29, 1.82) is 0 Å². The lowest BCUT2D eigenvalue weighted by Crippen LogP contribution is -2.52. The Morgan fingerprint density at radius 2 is 1.50 bits per heavy atom. The molecule has 1 N–H and O–H groups in total. The number of unbranched alkanes of at least 4 members (excludes halogenated alkanes) is 2. The van der Waals surface area contributed by atoms with E-state index >= 15 is 0 Å². The van der Waals surface area contributed by atoms with Crippen molar-refractivity contribution in [2.24, 2.45) is 0 Å². The van der Waals surface area contributed by atoms with E-state index in [4.69, 9.17) is 9.47 Å². The van der Waals surface area contributed by atoms with Gasteiger partial charge in [0, 0.05) is 20.0 Å². The summed E-state index contributed by atoms with van der Waals surface area (Å²) in [5.41, 5.74) is 0.605. The second-order valence-corrected chi connectivity index (χ2v) is 10.6. The number of carbonyl (C=O) groups excluding carboxylic acids is 5. The first-order valence-corrected chi connectivity index (χ1v) is 13.4. The number of imide groups is 1. The van der Waals surface area contributed by atoms with Crippen molar-refractivity contribution in [3.05, 3.63) is 71.3 Å². The Kier molecular flexibility index (Phi) is 10.4. The van der Waals surface area contributed by atoms with Crippen molar-refractivity contribution in [2.45, 2.75) is 64.7 Å². The third-order valence-corrected chi connectivity index (χ3v) is 6.32. The number of carbonyl (C=O) groups is 5. The van der Waals surface area contributed by atoms with Crippen LogP contribution in [0.15, 0.2) is 54.6 Å². The summed E-state index contributed by atoms with van der Waals surface area (Å²) in [6, 6.07) is 14.7. The van der Waals surface area contributed by atoms with Gasteiger partial charge in [0.15, 0.2) is 0 Å². The molecule has 1 aliphatic heterocycles. The number of hydrogen-bond donors (Lipinski definition) is 1. The third kappa shape index (κ3) is 8.39. The minimum absolute atomic E-state index is 0.149. The average Bonchev–Trinajstić information content (AvgIpc) is 3.16. The second kappa shape index (κ2) is 13.7. The van der Waals surface area contributed by atoms with Gasteiger partial charge in [-0.3, -0.25) is 19.3 Å². The topological polar surface area (TPSA) is 122 Å². The Hall–Kier alpha value is -4.21. The van der Waals surface area contributed by atoms with Crippen LogP contribution in [0.1, 0.15) is 72.7 Å². The Morgan fingerprint density at radius 1 is 0.900 bits per heavy atom. The van der Waals surface area contributed by atoms with Crippen LogP contribution in [0.5, 0.6) is 0 Å². The SMILES string of the molecule is CN(C(=O)CCCCCNC(=O)OCc1ccccc1)C(CN1C(=O)c2ccccc2C1=O)C(=O)OC(C)(C)C. The van der Waals surface area contributed by atoms with Crippen molar-refractivity contribution >= 4 is 29.8 Å². The van der Waals surface area contributed by atoms with Crippen LogP contribution in [0, 0.1) is 0 Å². The standard InChI is InChI=1S/C30H37N3O7/c1-30(2,3)40-28(37)24(19-33-26(35)22-15-10-11-16-23(22)27(33)36)32(4)25(34)17-9-6-12-18-31-29(38)39-20-21-13-7-5-8-14-21/h5,7-8,10-11,13-16,24H,6,9,12,17-20H2,1-4H3,(H,31,38). The number of benzene rings is 2. The molecule has 0 fully saturated rings. The lowest BCUT2D eigenvalue weighted by Gasteiger charge is -2.32.